The fraction of sp³-hybridized carbons (Fsp3) is 1.00. The van der Waals surface area contributed by atoms with Crippen LogP contribution < -0.4 is 5.32 Å². The fourth-order valence-corrected chi connectivity index (χ4v) is 2.22. The van der Waals surface area contributed by atoms with Crippen LogP contribution in [0.15, 0.2) is 0 Å². The fourth-order valence-electron chi connectivity index (χ4n) is 2.22. The van der Waals surface area contributed by atoms with Gasteiger partial charge in [0.05, 0.1) is 6.10 Å². The normalized spacial score (nSPS) is 22.5. The van der Waals surface area contributed by atoms with Crippen molar-refractivity contribution in [2.75, 3.05) is 26.9 Å². The first-order valence-electron chi connectivity index (χ1n) is 6.70. The Balaban J connectivity index is 2.13. The van der Waals surface area contributed by atoms with Crippen LogP contribution >= 0.6 is 0 Å². The highest BCUT2D eigenvalue weighted by Gasteiger charge is 2.17. The van der Waals surface area contributed by atoms with Gasteiger partial charge in [0.25, 0.3) is 0 Å². The summed E-state index contributed by atoms with van der Waals surface area (Å²) in [4.78, 5) is 0. The Labute approximate surface area is 99.9 Å². The predicted molar refractivity (Wildman–Crippen MR) is 66.8 cm³/mol. The molecule has 0 bridgehead atoms. The molecule has 3 heteroatoms. The summed E-state index contributed by atoms with van der Waals surface area (Å²) in [5.41, 5.74) is 0. The van der Waals surface area contributed by atoms with Crippen LogP contribution in [0.4, 0.5) is 0 Å². The summed E-state index contributed by atoms with van der Waals surface area (Å²) in [5, 5.41) is 3.59. The van der Waals surface area contributed by atoms with E-state index < -0.39 is 0 Å². The van der Waals surface area contributed by atoms with Crippen molar-refractivity contribution in [1.29, 1.82) is 0 Å². The van der Waals surface area contributed by atoms with E-state index in [0.717, 1.165) is 26.2 Å². The van der Waals surface area contributed by atoms with Crippen molar-refractivity contribution in [3.05, 3.63) is 0 Å². The van der Waals surface area contributed by atoms with E-state index in [0.29, 0.717) is 12.1 Å². The molecule has 1 aliphatic heterocycles. The Morgan fingerprint density at radius 2 is 2.31 bits per heavy atom. The molecule has 2 unspecified atom stereocenters. The highest BCUT2D eigenvalue weighted by Crippen LogP contribution is 2.18. The zero-order chi connectivity index (χ0) is 11.6. The lowest BCUT2D eigenvalue weighted by molar-refractivity contribution is 0.0973. The zero-order valence-electron chi connectivity index (χ0n) is 10.8. The van der Waals surface area contributed by atoms with Crippen molar-refractivity contribution >= 4 is 0 Å². The topological polar surface area (TPSA) is 30.5 Å². The van der Waals surface area contributed by atoms with Crippen molar-refractivity contribution in [2.45, 2.75) is 57.6 Å². The van der Waals surface area contributed by atoms with E-state index in [1.807, 2.05) is 0 Å². The van der Waals surface area contributed by atoms with Gasteiger partial charge in [0.1, 0.15) is 0 Å². The lowest BCUT2D eigenvalue weighted by Crippen LogP contribution is -2.31. The number of rotatable bonds is 9. The Bertz CT molecular complexity index is 150. The molecule has 1 N–H and O–H groups in total. The third-order valence-corrected chi connectivity index (χ3v) is 3.21. The molecular formula is C13H27NO2. The standard InChI is InChI=1S/C13H27NO2/c1-3-9-14-12(8-11-15-2)6-7-13-5-4-10-16-13/h12-14H,3-11H2,1-2H3. The third kappa shape index (κ3) is 5.83. The van der Waals surface area contributed by atoms with E-state index in [9.17, 15) is 0 Å². The van der Waals surface area contributed by atoms with Crippen LogP contribution in [0.3, 0.4) is 0 Å². The average molecular weight is 229 g/mol. The molecular weight excluding hydrogens is 202 g/mol. The maximum absolute atomic E-state index is 5.65. The second kappa shape index (κ2) is 8.97. The molecule has 16 heavy (non-hydrogen) atoms. The maximum atomic E-state index is 5.65. The summed E-state index contributed by atoms with van der Waals surface area (Å²) in [6, 6.07) is 0.601. The summed E-state index contributed by atoms with van der Waals surface area (Å²) in [6.07, 6.45) is 7.75. The first-order chi connectivity index (χ1) is 7.86. The molecule has 96 valence electrons. The number of methoxy groups -OCH3 is 1. The molecule has 2 atom stereocenters. The molecule has 3 nitrogen and oxygen atoms in total. The molecule has 1 saturated heterocycles. The quantitative estimate of drug-likeness (QED) is 0.658. The predicted octanol–water partition coefficient (Wildman–Crippen LogP) is 2.35. The summed E-state index contributed by atoms with van der Waals surface area (Å²) in [5.74, 6) is 0. The van der Waals surface area contributed by atoms with Crippen LogP contribution in [0.1, 0.15) is 45.4 Å². The summed E-state index contributed by atoms with van der Waals surface area (Å²) < 4.78 is 10.8. The van der Waals surface area contributed by atoms with Crippen LogP contribution in [0, 0.1) is 0 Å². The maximum Gasteiger partial charge on any atom is 0.0576 e. The largest absolute Gasteiger partial charge is 0.385 e. The van der Waals surface area contributed by atoms with Crippen molar-refractivity contribution < 1.29 is 9.47 Å². The van der Waals surface area contributed by atoms with Crippen molar-refractivity contribution in [3.63, 3.8) is 0 Å². The van der Waals surface area contributed by atoms with Gasteiger partial charge in [-0.25, -0.2) is 0 Å². The van der Waals surface area contributed by atoms with Crippen LogP contribution in [0.25, 0.3) is 0 Å². The molecule has 0 radical (unpaired) electrons. The van der Waals surface area contributed by atoms with Gasteiger partial charge < -0.3 is 14.8 Å². The van der Waals surface area contributed by atoms with E-state index in [-0.39, 0.29) is 0 Å². The Morgan fingerprint density at radius 1 is 1.44 bits per heavy atom. The number of hydrogen-bond donors (Lipinski definition) is 1. The first-order valence-corrected chi connectivity index (χ1v) is 6.70. The van der Waals surface area contributed by atoms with E-state index in [1.165, 1.54) is 32.1 Å². The molecule has 0 spiro atoms. The van der Waals surface area contributed by atoms with Crippen LogP contribution in [0.5, 0.6) is 0 Å². The minimum atomic E-state index is 0.522. The van der Waals surface area contributed by atoms with Gasteiger partial charge in [0.2, 0.25) is 0 Å². The average Bonchev–Trinajstić information content (AvgIpc) is 2.81. The Morgan fingerprint density at radius 3 is 2.94 bits per heavy atom. The smallest absolute Gasteiger partial charge is 0.0576 e. The van der Waals surface area contributed by atoms with E-state index in [4.69, 9.17) is 9.47 Å². The molecule has 1 heterocycles. The number of hydrogen-bond acceptors (Lipinski definition) is 3. The van der Waals surface area contributed by atoms with Crippen molar-refractivity contribution in [2.24, 2.45) is 0 Å². The van der Waals surface area contributed by atoms with Gasteiger partial charge in [0.15, 0.2) is 0 Å². The first kappa shape index (κ1) is 13.9. The molecule has 0 saturated carbocycles. The van der Waals surface area contributed by atoms with Gasteiger partial charge >= 0.3 is 0 Å². The monoisotopic (exact) mass is 229 g/mol. The highest BCUT2D eigenvalue weighted by atomic mass is 16.5. The van der Waals surface area contributed by atoms with Crippen LogP contribution in [-0.4, -0.2) is 39.0 Å². The second-order valence-corrected chi connectivity index (χ2v) is 4.64. The Kier molecular flexibility index (Phi) is 7.81. The molecule has 1 aliphatic rings. The summed E-state index contributed by atoms with van der Waals surface area (Å²) in [6.45, 7) is 5.14. The molecule has 0 aromatic heterocycles. The molecule has 0 amide bonds. The molecule has 1 rings (SSSR count). The third-order valence-electron chi connectivity index (χ3n) is 3.21. The minimum Gasteiger partial charge on any atom is -0.385 e. The van der Waals surface area contributed by atoms with Crippen molar-refractivity contribution in [1.82, 2.24) is 5.32 Å². The lowest BCUT2D eigenvalue weighted by atomic mass is 10.0. The molecule has 0 aromatic carbocycles. The Hall–Kier alpha value is -0.120. The van der Waals surface area contributed by atoms with Gasteiger partial charge in [-0.1, -0.05) is 6.92 Å². The minimum absolute atomic E-state index is 0.522. The van der Waals surface area contributed by atoms with E-state index in [2.05, 4.69) is 12.2 Å². The molecule has 1 fully saturated rings. The van der Waals surface area contributed by atoms with Crippen LogP contribution in [0.2, 0.25) is 0 Å². The van der Waals surface area contributed by atoms with Gasteiger partial charge in [-0.3, -0.25) is 0 Å². The SMILES string of the molecule is CCCNC(CCOC)CCC1CCCO1. The zero-order valence-corrected chi connectivity index (χ0v) is 10.8. The summed E-state index contributed by atoms with van der Waals surface area (Å²) in [7, 11) is 1.77. The van der Waals surface area contributed by atoms with E-state index >= 15 is 0 Å². The molecule has 0 aliphatic carbocycles. The van der Waals surface area contributed by atoms with Crippen LogP contribution in [-0.2, 0) is 9.47 Å². The number of ether oxygens (including phenoxy) is 2. The highest BCUT2D eigenvalue weighted by molar-refractivity contribution is 4.72. The van der Waals surface area contributed by atoms with Gasteiger partial charge in [-0.15, -0.1) is 0 Å². The van der Waals surface area contributed by atoms with Gasteiger partial charge in [-0.2, -0.15) is 0 Å². The van der Waals surface area contributed by atoms with Crippen molar-refractivity contribution in [3.8, 4) is 0 Å². The van der Waals surface area contributed by atoms with E-state index in [1.54, 1.807) is 7.11 Å². The lowest BCUT2D eigenvalue weighted by Gasteiger charge is -2.19. The van der Waals surface area contributed by atoms with Gasteiger partial charge in [-0.05, 0) is 45.1 Å². The second-order valence-electron chi connectivity index (χ2n) is 4.64. The van der Waals surface area contributed by atoms with Gasteiger partial charge in [0, 0.05) is 26.4 Å². The summed E-state index contributed by atoms with van der Waals surface area (Å²) >= 11 is 0. The molecule has 0 aromatic rings. The number of nitrogens with one attached hydrogen (secondary N) is 1.